The van der Waals surface area contributed by atoms with Crippen molar-refractivity contribution in [2.45, 2.75) is 58.1 Å². The van der Waals surface area contributed by atoms with E-state index in [1.807, 2.05) is 13.8 Å². The number of hydrogen-bond donors (Lipinski definition) is 1. The van der Waals surface area contributed by atoms with Gasteiger partial charge in [0.25, 0.3) is 5.91 Å². The first-order valence-electron chi connectivity index (χ1n) is 8.58. The van der Waals surface area contributed by atoms with Crippen LogP contribution in [0.15, 0.2) is 33.5 Å². The highest BCUT2D eigenvalue weighted by molar-refractivity contribution is 6.05. The Bertz CT molecular complexity index is 788. The van der Waals surface area contributed by atoms with Crippen molar-refractivity contribution in [3.05, 3.63) is 40.2 Å². The maximum atomic E-state index is 12.6. The molecule has 3 rings (SSSR count). The predicted octanol–water partition coefficient (Wildman–Crippen LogP) is 3.64. The second kappa shape index (κ2) is 7.07. The number of benzene rings is 1. The van der Waals surface area contributed by atoms with E-state index in [1.54, 1.807) is 18.2 Å². The molecule has 5 heteroatoms. The molecule has 24 heavy (non-hydrogen) atoms. The molecule has 1 saturated carbocycles. The Balaban J connectivity index is 1.91. The maximum absolute atomic E-state index is 12.6. The second-order valence-corrected chi connectivity index (χ2v) is 6.61. The summed E-state index contributed by atoms with van der Waals surface area (Å²) in [5, 5.41) is 3.67. The van der Waals surface area contributed by atoms with Gasteiger partial charge in [-0.3, -0.25) is 4.79 Å². The number of nitrogens with one attached hydrogen (secondary N) is 1. The minimum atomic E-state index is -0.530. The van der Waals surface area contributed by atoms with Gasteiger partial charge < -0.3 is 14.5 Å². The summed E-state index contributed by atoms with van der Waals surface area (Å²) in [6.45, 7) is 3.85. The first-order valence-corrected chi connectivity index (χ1v) is 8.58. The summed E-state index contributed by atoms with van der Waals surface area (Å²) < 4.78 is 10.9. The van der Waals surface area contributed by atoms with Gasteiger partial charge in [-0.05, 0) is 38.8 Å². The van der Waals surface area contributed by atoms with E-state index in [0.29, 0.717) is 22.3 Å². The smallest absolute Gasteiger partial charge is 0.337 e. The average molecular weight is 329 g/mol. The Hall–Kier alpha value is -2.30. The third-order valence-corrected chi connectivity index (χ3v) is 4.27. The van der Waals surface area contributed by atoms with E-state index in [4.69, 9.17) is 9.15 Å². The van der Waals surface area contributed by atoms with E-state index < -0.39 is 5.63 Å². The molecule has 1 N–H and O–H groups in total. The van der Waals surface area contributed by atoms with E-state index in [2.05, 4.69) is 5.32 Å². The average Bonchev–Trinajstić information content (AvgIpc) is 2.54. The number of carbonyl (C=O) groups excluding carboxylic acids is 1. The molecule has 1 aromatic heterocycles. The Morgan fingerprint density at radius 2 is 1.96 bits per heavy atom. The highest BCUT2D eigenvalue weighted by atomic mass is 16.5. The van der Waals surface area contributed by atoms with Crippen LogP contribution < -0.4 is 15.7 Å². The first-order chi connectivity index (χ1) is 11.5. The number of fused-ring (bicyclic) bond motifs is 1. The summed E-state index contributed by atoms with van der Waals surface area (Å²) in [6.07, 6.45) is 5.52. The Morgan fingerprint density at radius 3 is 2.67 bits per heavy atom. The van der Waals surface area contributed by atoms with Crippen LogP contribution in [0.5, 0.6) is 5.75 Å². The van der Waals surface area contributed by atoms with Crippen LogP contribution in [0.3, 0.4) is 0 Å². The lowest BCUT2D eigenvalue weighted by Gasteiger charge is -2.23. The minimum absolute atomic E-state index is 0.0203. The lowest BCUT2D eigenvalue weighted by Crippen LogP contribution is -2.36. The molecule has 0 unspecified atom stereocenters. The molecule has 0 spiro atoms. The number of carbonyl (C=O) groups is 1. The maximum Gasteiger partial charge on any atom is 0.337 e. The summed E-state index contributed by atoms with van der Waals surface area (Å²) in [6, 6.07) is 6.68. The van der Waals surface area contributed by atoms with Gasteiger partial charge in [0.15, 0.2) is 0 Å². The van der Waals surface area contributed by atoms with Crippen molar-refractivity contribution in [1.29, 1.82) is 0 Å². The molecular weight excluding hydrogens is 306 g/mol. The number of rotatable bonds is 4. The van der Waals surface area contributed by atoms with E-state index in [1.165, 1.54) is 12.5 Å². The van der Waals surface area contributed by atoms with Crippen LogP contribution in [0.2, 0.25) is 0 Å². The molecule has 0 atom stereocenters. The molecular formula is C19H23NO4. The molecule has 1 aromatic carbocycles. The summed E-state index contributed by atoms with van der Waals surface area (Å²) in [7, 11) is 0. The van der Waals surface area contributed by atoms with Gasteiger partial charge in [-0.15, -0.1) is 0 Å². The second-order valence-electron chi connectivity index (χ2n) is 6.61. The van der Waals surface area contributed by atoms with Crippen LogP contribution in [0.25, 0.3) is 11.0 Å². The molecule has 1 aliphatic rings. The van der Waals surface area contributed by atoms with Gasteiger partial charge >= 0.3 is 5.63 Å². The molecule has 1 heterocycles. The van der Waals surface area contributed by atoms with Crippen LogP contribution in [-0.2, 0) is 0 Å². The van der Waals surface area contributed by atoms with Crippen LogP contribution >= 0.6 is 0 Å². The van der Waals surface area contributed by atoms with E-state index in [-0.39, 0.29) is 18.1 Å². The van der Waals surface area contributed by atoms with Crippen molar-refractivity contribution < 1.29 is 13.9 Å². The molecule has 5 nitrogen and oxygen atoms in total. The number of ether oxygens (including phenoxy) is 1. The first kappa shape index (κ1) is 16.6. The van der Waals surface area contributed by atoms with Gasteiger partial charge in [0.2, 0.25) is 0 Å². The van der Waals surface area contributed by atoms with Crippen LogP contribution in [0, 0.1) is 0 Å². The standard InChI is InChI=1S/C19H23NO4/c1-12(2)23-14-8-9-15-16(11-18(21)24-17(15)10-14)19(22)20-13-6-4-3-5-7-13/h8-13H,3-7H2,1-2H3,(H,20,22). The third-order valence-electron chi connectivity index (χ3n) is 4.27. The Morgan fingerprint density at radius 1 is 1.21 bits per heavy atom. The molecule has 1 aliphatic carbocycles. The summed E-state index contributed by atoms with van der Waals surface area (Å²) in [5.74, 6) is 0.405. The van der Waals surface area contributed by atoms with E-state index in [9.17, 15) is 9.59 Å². The van der Waals surface area contributed by atoms with Crippen molar-refractivity contribution in [3.63, 3.8) is 0 Å². The summed E-state index contributed by atoms with van der Waals surface area (Å²) in [5.41, 5.74) is 0.204. The monoisotopic (exact) mass is 329 g/mol. The van der Waals surface area contributed by atoms with Gasteiger partial charge in [0.05, 0.1) is 11.7 Å². The number of amides is 1. The molecule has 2 aromatic rings. The van der Waals surface area contributed by atoms with Crippen LogP contribution in [0.4, 0.5) is 0 Å². The largest absolute Gasteiger partial charge is 0.491 e. The summed E-state index contributed by atoms with van der Waals surface area (Å²) >= 11 is 0. The van der Waals surface area contributed by atoms with Crippen LogP contribution in [0.1, 0.15) is 56.3 Å². The topological polar surface area (TPSA) is 68.5 Å². The number of hydrogen-bond acceptors (Lipinski definition) is 4. The van der Waals surface area contributed by atoms with Gasteiger partial charge in [0, 0.05) is 23.6 Å². The fourth-order valence-corrected chi connectivity index (χ4v) is 3.19. The van der Waals surface area contributed by atoms with Crippen molar-refractivity contribution in [2.24, 2.45) is 0 Å². The molecule has 0 bridgehead atoms. The third kappa shape index (κ3) is 3.78. The van der Waals surface area contributed by atoms with E-state index >= 15 is 0 Å². The molecule has 1 fully saturated rings. The zero-order chi connectivity index (χ0) is 17.1. The fourth-order valence-electron chi connectivity index (χ4n) is 3.19. The minimum Gasteiger partial charge on any atom is -0.491 e. The molecule has 0 saturated heterocycles. The Labute approximate surface area is 141 Å². The fraction of sp³-hybridized carbons (Fsp3) is 0.474. The van der Waals surface area contributed by atoms with Crippen molar-refractivity contribution in [3.8, 4) is 5.75 Å². The lowest BCUT2D eigenvalue weighted by molar-refractivity contribution is 0.0928. The lowest BCUT2D eigenvalue weighted by atomic mass is 9.95. The highest BCUT2D eigenvalue weighted by Crippen LogP contribution is 2.24. The molecule has 128 valence electrons. The van der Waals surface area contributed by atoms with Gasteiger partial charge in [-0.25, -0.2) is 4.79 Å². The van der Waals surface area contributed by atoms with Gasteiger partial charge in [-0.1, -0.05) is 19.3 Å². The van der Waals surface area contributed by atoms with Crippen molar-refractivity contribution in [1.82, 2.24) is 5.32 Å². The molecule has 1 amide bonds. The van der Waals surface area contributed by atoms with Gasteiger partial charge in [0.1, 0.15) is 11.3 Å². The van der Waals surface area contributed by atoms with Gasteiger partial charge in [-0.2, -0.15) is 0 Å². The Kier molecular flexibility index (Phi) is 4.88. The zero-order valence-corrected chi connectivity index (χ0v) is 14.1. The SMILES string of the molecule is CC(C)Oc1ccc2c(C(=O)NC3CCCCC3)cc(=O)oc2c1. The highest BCUT2D eigenvalue weighted by Gasteiger charge is 2.19. The van der Waals surface area contributed by atoms with E-state index in [0.717, 1.165) is 25.7 Å². The normalized spacial score (nSPS) is 15.6. The quantitative estimate of drug-likeness (QED) is 0.870. The zero-order valence-electron chi connectivity index (χ0n) is 14.1. The van der Waals surface area contributed by atoms with Crippen molar-refractivity contribution in [2.75, 3.05) is 0 Å². The van der Waals surface area contributed by atoms with Crippen LogP contribution in [-0.4, -0.2) is 18.1 Å². The molecule has 0 aliphatic heterocycles. The summed E-state index contributed by atoms with van der Waals surface area (Å²) in [4.78, 5) is 24.5. The predicted molar refractivity (Wildman–Crippen MR) is 92.6 cm³/mol. The molecule has 0 radical (unpaired) electrons. The van der Waals surface area contributed by atoms with Crippen molar-refractivity contribution >= 4 is 16.9 Å².